The molecule has 5 nitrogen and oxygen atoms in total. The highest BCUT2D eigenvalue weighted by Gasteiger charge is 2.14. The fraction of sp³-hybridized carbons (Fsp3) is 0.625. The van der Waals surface area contributed by atoms with Gasteiger partial charge < -0.3 is 4.74 Å². The Bertz CT molecular complexity index is 293. The van der Waals surface area contributed by atoms with Gasteiger partial charge in [-0.15, -0.1) is 0 Å². The average Bonchev–Trinajstić information content (AvgIpc) is 2.10. The van der Waals surface area contributed by atoms with Crippen LogP contribution < -0.4 is 0 Å². The first-order chi connectivity index (χ1) is 6.39. The van der Waals surface area contributed by atoms with E-state index in [0.717, 1.165) is 6.08 Å². The number of esters is 1. The molecule has 14 heavy (non-hydrogen) atoms. The van der Waals surface area contributed by atoms with Crippen molar-refractivity contribution in [1.29, 1.82) is 0 Å². The second-order valence-electron chi connectivity index (χ2n) is 2.75. The fourth-order valence-electron chi connectivity index (χ4n) is 0.839. The lowest BCUT2D eigenvalue weighted by Gasteiger charge is -2.13. The van der Waals surface area contributed by atoms with Gasteiger partial charge in [0.1, 0.15) is 6.10 Å². The summed E-state index contributed by atoms with van der Waals surface area (Å²) in [5, 5.41) is 0. The predicted octanol–water partition coefficient (Wildman–Crippen LogP) is 0.772. The second-order valence-corrected chi connectivity index (χ2v) is 4.32. The molecule has 1 atom stereocenters. The van der Waals surface area contributed by atoms with Gasteiger partial charge >= 0.3 is 5.97 Å². The van der Waals surface area contributed by atoms with Crippen LogP contribution in [0, 0.1) is 0 Å². The van der Waals surface area contributed by atoms with Crippen LogP contribution in [0.3, 0.4) is 0 Å². The van der Waals surface area contributed by atoms with Gasteiger partial charge in [-0.1, -0.05) is 13.5 Å². The van der Waals surface area contributed by atoms with Crippen LogP contribution in [0.5, 0.6) is 0 Å². The van der Waals surface area contributed by atoms with Gasteiger partial charge in [-0.2, -0.15) is 8.42 Å². The molecule has 0 spiro atoms. The molecular formula is C8H14O5S. The lowest BCUT2D eigenvalue weighted by molar-refractivity contribution is -0.143. The van der Waals surface area contributed by atoms with Crippen molar-refractivity contribution in [3.63, 3.8) is 0 Å². The number of hydrogen-bond donors (Lipinski definition) is 1. The van der Waals surface area contributed by atoms with Crippen LogP contribution in [0.1, 0.15) is 19.8 Å². The maximum absolute atomic E-state index is 10.8. The zero-order valence-electron chi connectivity index (χ0n) is 7.97. The number of carbonyl (C=O) groups is 1. The van der Waals surface area contributed by atoms with Gasteiger partial charge in [0, 0.05) is 12.5 Å². The van der Waals surface area contributed by atoms with Crippen LogP contribution in [-0.2, 0) is 19.6 Å². The summed E-state index contributed by atoms with van der Waals surface area (Å²) in [5.74, 6) is -0.997. The fourth-order valence-corrected chi connectivity index (χ4v) is 1.40. The summed E-state index contributed by atoms with van der Waals surface area (Å²) >= 11 is 0. The molecule has 0 bridgehead atoms. The van der Waals surface area contributed by atoms with E-state index < -0.39 is 27.9 Å². The third-order valence-corrected chi connectivity index (χ3v) is 2.35. The van der Waals surface area contributed by atoms with Crippen molar-refractivity contribution >= 4 is 16.1 Å². The lowest BCUT2D eigenvalue weighted by Crippen LogP contribution is -2.19. The van der Waals surface area contributed by atoms with Gasteiger partial charge in [0.15, 0.2) is 0 Å². The molecule has 0 saturated carbocycles. The molecule has 0 heterocycles. The van der Waals surface area contributed by atoms with Crippen LogP contribution in [-0.4, -0.2) is 30.8 Å². The molecule has 0 saturated heterocycles. The molecule has 0 amide bonds. The van der Waals surface area contributed by atoms with Crippen molar-refractivity contribution in [2.45, 2.75) is 25.9 Å². The Balaban J connectivity index is 4.04. The normalized spacial score (nSPS) is 13.3. The van der Waals surface area contributed by atoms with E-state index in [1.165, 1.54) is 0 Å². The maximum atomic E-state index is 10.8. The minimum absolute atomic E-state index is 0.0922. The second kappa shape index (κ2) is 5.77. The van der Waals surface area contributed by atoms with Gasteiger partial charge in [0.2, 0.25) is 0 Å². The zero-order chi connectivity index (χ0) is 11.2. The summed E-state index contributed by atoms with van der Waals surface area (Å²) < 4.78 is 34.1. The van der Waals surface area contributed by atoms with Gasteiger partial charge in [-0.25, -0.2) is 4.79 Å². The van der Waals surface area contributed by atoms with E-state index in [9.17, 15) is 13.2 Å². The largest absolute Gasteiger partial charge is 0.459 e. The van der Waals surface area contributed by atoms with Crippen molar-refractivity contribution < 1.29 is 22.5 Å². The Hall–Kier alpha value is -0.880. The SMILES string of the molecule is C=CC(=O)OC(CC)CCS(=O)(=O)O. The minimum Gasteiger partial charge on any atom is -0.459 e. The zero-order valence-corrected chi connectivity index (χ0v) is 8.79. The first-order valence-corrected chi connectivity index (χ1v) is 5.78. The predicted molar refractivity (Wildman–Crippen MR) is 51.4 cm³/mol. The van der Waals surface area contributed by atoms with Crippen molar-refractivity contribution in [1.82, 2.24) is 0 Å². The van der Waals surface area contributed by atoms with E-state index in [0.29, 0.717) is 6.42 Å². The molecule has 6 heteroatoms. The van der Waals surface area contributed by atoms with Crippen molar-refractivity contribution in [3.05, 3.63) is 12.7 Å². The van der Waals surface area contributed by atoms with Crippen LogP contribution in [0.2, 0.25) is 0 Å². The van der Waals surface area contributed by atoms with Crippen LogP contribution in [0.4, 0.5) is 0 Å². The standard InChI is InChI=1S/C8H14O5S/c1-3-7(13-8(9)4-2)5-6-14(10,11)12/h4,7H,2-3,5-6H2,1H3,(H,10,11,12). The van der Waals surface area contributed by atoms with Crippen LogP contribution in [0.15, 0.2) is 12.7 Å². The molecule has 0 aliphatic heterocycles. The van der Waals surface area contributed by atoms with E-state index in [2.05, 4.69) is 6.58 Å². The molecule has 0 aliphatic carbocycles. The third kappa shape index (κ3) is 6.62. The topological polar surface area (TPSA) is 80.7 Å². The Kier molecular flexibility index (Phi) is 5.40. The van der Waals surface area contributed by atoms with Gasteiger partial charge in [-0.3, -0.25) is 4.55 Å². The quantitative estimate of drug-likeness (QED) is 0.408. The molecule has 0 radical (unpaired) electrons. The molecular weight excluding hydrogens is 208 g/mol. The third-order valence-electron chi connectivity index (χ3n) is 1.60. The molecule has 0 rings (SSSR count). The van der Waals surface area contributed by atoms with Crippen LogP contribution >= 0.6 is 0 Å². The summed E-state index contributed by atoms with van der Waals surface area (Å²) in [6.45, 7) is 4.97. The summed E-state index contributed by atoms with van der Waals surface area (Å²) in [5.41, 5.74) is 0. The number of hydrogen-bond acceptors (Lipinski definition) is 4. The summed E-state index contributed by atoms with van der Waals surface area (Å²) in [4.78, 5) is 10.8. The molecule has 82 valence electrons. The Labute approximate surface area is 83.5 Å². The van der Waals surface area contributed by atoms with Crippen molar-refractivity contribution in [2.75, 3.05) is 5.75 Å². The van der Waals surface area contributed by atoms with Crippen molar-refractivity contribution in [2.24, 2.45) is 0 Å². The van der Waals surface area contributed by atoms with Gasteiger partial charge in [-0.05, 0) is 6.42 Å². The highest BCUT2D eigenvalue weighted by atomic mass is 32.2. The molecule has 1 unspecified atom stereocenters. The summed E-state index contributed by atoms with van der Waals surface area (Å²) in [7, 11) is -3.99. The number of ether oxygens (including phenoxy) is 1. The molecule has 0 aromatic carbocycles. The first kappa shape index (κ1) is 13.1. The minimum atomic E-state index is -3.99. The Morgan fingerprint density at radius 2 is 2.21 bits per heavy atom. The first-order valence-electron chi connectivity index (χ1n) is 4.17. The molecule has 0 aromatic rings. The molecule has 0 aromatic heterocycles. The highest BCUT2D eigenvalue weighted by molar-refractivity contribution is 7.85. The van der Waals surface area contributed by atoms with Gasteiger partial charge in [0.05, 0.1) is 5.75 Å². The molecule has 1 N–H and O–H groups in total. The lowest BCUT2D eigenvalue weighted by atomic mass is 10.2. The van der Waals surface area contributed by atoms with E-state index in [1.807, 2.05) is 0 Å². The van der Waals surface area contributed by atoms with E-state index >= 15 is 0 Å². The Morgan fingerprint density at radius 3 is 2.57 bits per heavy atom. The summed E-state index contributed by atoms with van der Waals surface area (Å²) in [6.07, 6.45) is 1.10. The summed E-state index contributed by atoms with van der Waals surface area (Å²) in [6, 6.07) is 0. The van der Waals surface area contributed by atoms with Gasteiger partial charge in [0.25, 0.3) is 10.1 Å². The highest BCUT2D eigenvalue weighted by Crippen LogP contribution is 2.05. The Morgan fingerprint density at radius 1 is 1.64 bits per heavy atom. The average molecular weight is 222 g/mol. The number of carbonyl (C=O) groups excluding carboxylic acids is 1. The van der Waals surface area contributed by atoms with E-state index in [-0.39, 0.29) is 6.42 Å². The van der Waals surface area contributed by atoms with E-state index in [4.69, 9.17) is 9.29 Å². The number of rotatable bonds is 6. The molecule has 0 aliphatic rings. The monoisotopic (exact) mass is 222 g/mol. The van der Waals surface area contributed by atoms with Crippen molar-refractivity contribution in [3.8, 4) is 0 Å². The van der Waals surface area contributed by atoms with E-state index in [1.54, 1.807) is 6.92 Å². The molecule has 0 fully saturated rings. The maximum Gasteiger partial charge on any atom is 0.330 e. The smallest absolute Gasteiger partial charge is 0.330 e. The van der Waals surface area contributed by atoms with Crippen LogP contribution in [0.25, 0.3) is 0 Å².